The fourth-order valence-electron chi connectivity index (χ4n) is 1.68. The zero-order valence-corrected chi connectivity index (χ0v) is 11.4. The number of halogens is 1. The average Bonchev–Trinajstić information content (AvgIpc) is 2.30. The lowest BCUT2D eigenvalue weighted by Gasteiger charge is -2.19. The van der Waals surface area contributed by atoms with Gasteiger partial charge in [-0.3, -0.25) is 0 Å². The molecule has 1 aromatic carbocycles. The molecule has 1 unspecified atom stereocenters. The van der Waals surface area contributed by atoms with E-state index in [2.05, 4.69) is 24.1 Å². The monoisotopic (exact) mass is 257 g/mol. The third-order valence-corrected chi connectivity index (χ3v) is 2.73. The molecule has 1 atom stereocenters. The highest BCUT2D eigenvalue weighted by Gasteiger charge is 2.08. The average molecular weight is 258 g/mol. The molecule has 3 nitrogen and oxygen atoms in total. The molecule has 0 spiro atoms. The second-order valence-electron chi connectivity index (χ2n) is 4.10. The van der Waals surface area contributed by atoms with Gasteiger partial charge in [-0.1, -0.05) is 12.1 Å². The Balaban J connectivity index is 2.41. The van der Waals surface area contributed by atoms with Gasteiger partial charge in [0, 0.05) is 20.2 Å². The lowest BCUT2D eigenvalue weighted by atomic mass is 10.2. The van der Waals surface area contributed by atoms with E-state index >= 15 is 0 Å². The van der Waals surface area contributed by atoms with Crippen LogP contribution in [0.25, 0.3) is 0 Å². The lowest BCUT2D eigenvalue weighted by Crippen LogP contribution is -2.28. The number of benzene rings is 1. The van der Waals surface area contributed by atoms with Crippen molar-refractivity contribution in [2.45, 2.75) is 11.9 Å². The number of alkyl halides is 1. The number of rotatable bonds is 7. The molecule has 0 aliphatic rings. The maximum absolute atomic E-state index is 6.10. The van der Waals surface area contributed by atoms with Crippen molar-refractivity contribution in [2.24, 2.45) is 0 Å². The highest BCUT2D eigenvalue weighted by Crippen LogP contribution is 2.13. The first-order valence-corrected chi connectivity index (χ1v) is 6.04. The summed E-state index contributed by atoms with van der Waals surface area (Å²) < 4.78 is 10.1. The van der Waals surface area contributed by atoms with Crippen LogP contribution in [0.15, 0.2) is 24.3 Å². The van der Waals surface area contributed by atoms with Gasteiger partial charge in [-0.05, 0) is 24.7 Å². The van der Waals surface area contributed by atoms with Crippen LogP contribution in [0.4, 0.5) is 0 Å². The Morgan fingerprint density at radius 1 is 1.24 bits per heavy atom. The fourth-order valence-corrected chi connectivity index (χ4v) is 2.04. The van der Waals surface area contributed by atoms with E-state index in [-0.39, 0.29) is 5.38 Å². The van der Waals surface area contributed by atoms with Gasteiger partial charge in [-0.15, -0.1) is 11.6 Å². The summed E-state index contributed by atoms with van der Waals surface area (Å²) in [4.78, 5) is 2.18. The minimum atomic E-state index is 0.0308. The van der Waals surface area contributed by atoms with Crippen LogP contribution in [-0.2, 0) is 11.3 Å². The second kappa shape index (κ2) is 7.54. The molecular formula is C13H20ClNO2. The molecule has 96 valence electrons. The summed E-state index contributed by atoms with van der Waals surface area (Å²) in [5.74, 6) is 0.881. The molecule has 0 saturated carbocycles. The van der Waals surface area contributed by atoms with Crippen molar-refractivity contribution in [3.63, 3.8) is 0 Å². The molecule has 0 radical (unpaired) electrons. The topological polar surface area (TPSA) is 21.7 Å². The molecule has 0 fully saturated rings. The summed E-state index contributed by atoms with van der Waals surface area (Å²) in [5, 5.41) is 0.0308. The lowest BCUT2D eigenvalue weighted by molar-refractivity contribution is 0.181. The van der Waals surface area contributed by atoms with Gasteiger partial charge in [-0.25, -0.2) is 0 Å². The highest BCUT2D eigenvalue weighted by molar-refractivity contribution is 6.20. The van der Waals surface area contributed by atoms with Gasteiger partial charge in [0.2, 0.25) is 0 Å². The highest BCUT2D eigenvalue weighted by atomic mass is 35.5. The second-order valence-corrected chi connectivity index (χ2v) is 4.71. The van der Waals surface area contributed by atoms with Crippen molar-refractivity contribution >= 4 is 11.6 Å². The molecule has 0 amide bonds. The van der Waals surface area contributed by atoms with Gasteiger partial charge in [0.15, 0.2) is 0 Å². The smallest absolute Gasteiger partial charge is 0.118 e. The Kier molecular flexibility index (Phi) is 6.34. The summed E-state index contributed by atoms with van der Waals surface area (Å²) in [6, 6.07) is 8.07. The zero-order chi connectivity index (χ0) is 12.7. The molecule has 0 aliphatic carbocycles. The summed E-state index contributed by atoms with van der Waals surface area (Å²) in [7, 11) is 5.39. The summed E-state index contributed by atoms with van der Waals surface area (Å²) in [6.07, 6.45) is 0. The zero-order valence-electron chi connectivity index (χ0n) is 10.6. The van der Waals surface area contributed by atoms with Gasteiger partial charge in [0.05, 0.1) is 19.1 Å². The number of methoxy groups -OCH3 is 2. The van der Waals surface area contributed by atoms with Crippen LogP contribution in [-0.4, -0.2) is 44.7 Å². The van der Waals surface area contributed by atoms with Crippen LogP contribution < -0.4 is 4.74 Å². The van der Waals surface area contributed by atoms with E-state index < -0.39 is 0 Å². The SMILES string of the molecule is COCC(Cl)CN(C)Cc1ccc(OC)cc1. The van der Waals surface area contributed by atoms with E-state index in [1.165, 1.54) is 5.56 Å². The quantitative estimate of drug-likeness (QED) is 0.700. The Labute approximate surface area is 108 Å². The predicted octanol–water partition coefficient (Wildman–Crippen LogP) is 2.38. The summed E-state index contributed by atoms with van der Waals surface area (Å²) in [6.45, 7) is 2.26. The number of nitrogens with zero attached hydrogens (tertiary/aromatic N) is 1. The first kappa shape index (κ1) is 14.3. The summed E-state index contributed by atoms with van der Waals surface area (Å²) in [5.41, 5.74) is 1.24. The van der Waals surface area contributed by atoms with Crippen molar-refractivity contribution in [3.05, 3.63) is 29.8 Å². The predicted molar refractivity (Wildman–Crippen MR) is 70.8 cm³/mol. The normalized spacial score (nSPS) is 12.8. The van der Waals surface area contributed by atoms with Crippen molar-refractivity contribution in [3.8, 4) is 5.75 Å². The minimum absolute atomic E-state index is 0.0308. The Morgan fingerprint density at radius 3 is 2.41 bits per heavy atom. The van der Waals surface area contributed by atoms with E-state index in [1.54, 1.807) is 14.2 Å². The number of ether oxygens (including phenoxy) is 2. The molecule has 1 aromatic rings. The number of hydrogen-bond donors (Lipinski definition) is 0. The van der Waals surface area contributed by atoms with Crippen LogP contribution >= 0.6 is 11.6 Å². The van der Waals surface area contributed by atoms with Crippen molar-refractivity contribution in [1.82, 2.24) is 4.90 Å². The Bertz CT molecular complexity index is 316. The van der Waals surface area contributed by atoms with E-state index in [9.17, 15) is 0 Å². The van der Waals surface area contributed by atoms with Gasteiger partial charge in [-0.2, -0.15) is 0 Å². The molecule has 0 saturated heterocycles. The van der Waals surface area contributed by atoms with Crippen LogP contribution in [0.5, 0.6) is 5.75 Å². The van der Waals surface area contributed by atoms with Crippen molar-refractivity contribution in [1.29, 1.82) is 0 Å². The molecule has 1 rings (SSSR count). The fraction of sp³-hybridized carbons (Fsp3) is 0.538. The van der Waals surface area contributed by atoms with Gasteiger partial charge >= 0.3 is 0 Å². The van der Waals surface area contributed by atoms with Crippen molar-refractivity contribution in [2.75, 3.05) is 34.4 Å². The van der Waals surface area contributed by atoms with Crippen molar-refractivity contribution < 1.29 is 9.47 Å². The van der Waals surface area contributed by atoms with Gasteiger partial charge in [0.25, 0.3) is 0 Å². The first-order valence-electron chi connectivity index (χ1n) is 5.60. The van der Waals surface area contributed by atoms with Crippen LogP contribution in [0.3, 0.4) is 0 Å². The largest absolute Gasteiger partial charge is 0.497 e. The Morgan fingerprint density at radius 2 is 1.88 bits per heavy atom. The standard InChI is InChI=1S/C13H20ClNO2/c1-15(9-12(14)10-16-2)8-11-4-6-13(17-3)7-5-11/h4-7,12H,8-10H2,1-3H3. The molecule has 0 N–H and O–H groups in total. The third kappa shape index (κ3) is 5.39. The first-order chi connectivity index (χ1) is 8.15. The van der Waals surface area contributed by atoms with Gasteiger partial charge in [0.1, 0.15) is 5.75 Å². The third-order valence-electron chi connectivity index (χ3n) is 2.47. The van der Waals surface area contributed by atoms with Crippen LogP contribution in [0.2, 0.25) is 0 Å². The molecule has 4 heteroatoms. The Hall–Kier alpha value is -0.770. The molecule has 0 aliphatic heterocycles. The summed E-state index contributed by atoms with van der Waals surface area (Å²) >= 11 is 6.10. The maximum atomic E-state index is 6.10. The minimum Gasteiger partial charge on any atom is -0.497 e. The van der Waals surface area contributed by atoms with Crippen LogP contribution in [0, 0.1) is 0 Å². The molecular weight excluding hydrogens is 238 g/mol. The molecule has 0 heterocycles. The molecule has 0 bridgehead atoms. The van der Waals surface area contributed by atoms with E-state index in [0.29, 0.717) is 6.61 Å². The maximum Gasteiger partial charge on any atom is 0.118 e. The molecule has 0 aromatic heterocycles. The van der Waals surface area contributed by atoms with Gasteiger partial charge < -0.3 is 14.4 Å². The molecule has 17 heavy (non-hydrogen) atoms. The van der Waals surface area contributed by atoms with E-state index in [1.807, 2.05) is 12.1 Å². The van der Waals surface area contributed by atoms with Crippen LogP contribution in [0.1, 0.15) is 5.56 Å². The number of hydrogen-bond acceptors (Lipinski definition) is 3. The van der Waals surface area contributed by atoms with E-state index in [0.717, 1.165) is 18.8 Å². The van der Waals surface area contributed by atoms with E-state index in [4.69, 9.17) is 21.1 Å².